The van der Waals surface area contributed by atoms with Gasteiger partial charge in [0.1, 0.15) is 0 Å². The van der Waals surface area contributed by atoms with Crippen molar-refractivity contribution in [3.63, 3.8) is 0 Å². The summed E-state index contributed by atoms with van der Waals surface area (Å²) < 4.78 is 6.16. The van der Waals surface area contributed by atoms with Crippen LogP contribution in [0.3, 0.4) is 0 Å². The van der Waals surface area contributed by atoms with Crippen LogP contribution in [0.25, 0.3) is 10.8 Å². The van der Waals surface area contributed by atoms with Gasteiger partial charge in [-0.2, -0.15) is 0 Å². The van der Waals surface area contributed by atoms with Crippen molar-refractivity contribution in [2.75, 3.05) is 12.3 Å². The molecule has 0 aromatic heterocycles. The van der Waals surface area contributed by atoms with Crippen LogP contribution in [0.2, 0.25) is 0 Å². The number of nitrogens with two attached hydrogens (primary N) is 1. The Morgan fingerprint density at radius 1 is 1.11 bits per heavy atom. The average molecular weight is 427 g/mol. The molecule has 3 rings (SSSR count). The average Bonchev–Trinajstić information content (AvgIpc) is 2.65. The van der Waals surface area contributed by atoms with E-state index < -0.39 is 5.97 Å². The summed E-state index contributed by atoms with van der Waals surface area (Å²) in [5, 5.41) is 4.40. The van der Waals surface area contributed by atoms with Gasteiger partial charge in [-0.3, -0.25) is 4.79 Å². The number of benzene rings is 3. The van der Waals surface area contributed by atoms with E-state index in [1.165, 1.54) is 0 Å². The van der Waals surface area contributed by atoms with E-state index in [9.17, 15) is 9.59 Å². The molecule has 5 nitrogen and oxygen atoms in total. The molecule has 138 valence electrons. The fourth-order valence-corrected chi connectivity index (χ4v) is 3.09. The Labute approximate surface area is 165 Å². The van der Waals surface area contributed by atoms with Crippen LogP contribution in [0, 0.1) is 0 Å². The molecule has 6 heteroatoms. The lowest BCUT2D eigenvalue weighted by atomic mass is 10.0. The van der Waals surface area contributed by atoms with Crippen LogP contribution in [-0.4, -0.2) is 18.5 Å². The summed E-state index contributed by atoms with van der Waals surface area (Å²) in [4.78, 5) is 24.6. The minimum atomic E-state index is -0.579. The minimum absolute atomic E-state index is 0.197. The lowest BCUT2D eigenvalue weighted by Crippen LogP contribution is -2.31. The molecule has 0 saturated heterocycles. The van der Waals surface area contributed by atoms with E-state index >= 15 is 0 Å². The number of nitrogen functional groups attached to an aromatic ring is 1. The van der Waals surface area contributed by atoms with Crippen molar-refractivity contribution in [3.05, 3.63) is 76.3 Å². The summed E-state index contributed by atoms with van der Waals surface area (Å²) in [6, 6.07) is 18.2. The fraction of sp³-hybridized carbons (Fsp3) is 0.143. The normalized spacial score (nSPS) is 11.8. The Morgan fingerprint density at radius 2 is 1.81 bits per heavy atom. The number of esters is 1. The van der Waals surface area contributed by atoms with E-state index in [0.717, 1.165) is 20.8 Å². The number of amides is 1. The van der Waals surface area contributed by atoms with Crippen LogP contribution < -0.4 is 11.1 Å². The predicted molar refractivity (Wildman–Crippen MR) is 109 cm³/mol. The Morgan fingerprint density at radius 3 is 2.56 bits per heavy atom. The van der Waals surface area contributed by atoms with Gasteiger partial charge in [0, 0.05) is 10.2 Å². The molecule has 3 aromatic rings. The second kappa shape index (κ2) is 8.22. The van der Waals surface area contributed by atoms with Crippen molar-refractivity contribution in [1.29, 1.82) is 0 Å². The first-order valence-corrected chi connectivity index (χ1v) is 9.23. The van der Waals surface area contributed by atoms with E-state index in [4.69, 9.17) is 10.5 Å². The molecule has 0 saturated carbocycles. The number of rotatable bonds is 5. The van der Waals surface area contributed by atoms with Gasteiger partial charge >= 0.3 is 5.97 Å². The zero-order valence-electron chi connectivity index (χ0n) is 14.7. The number of ether oxygens (including phenoxy) is 1. The van der Waals surface area contributed by atoms with E-state index in [-0.39, 0.29) is 18.6 Å². The number of hydrogen-bond acceptors (Lipinski definition) is 4. The molecule has 1 atom stereocenters. The molecule has 27 heavy (non-hydrogen) atoms. The molecule has 0 bridgehead atoms. The summed E-state index contributed by atoms with van der Waals surface area (Å²) in [6.45, 7) is 1.51. The third-order valence-electron chi connectivity index (χ3n) is 4.19. The van der Waals surface area contributed by atoms with Crippen molar-refractivity contribution < 1.29 is 14.3 Å². The molecule has 1 unspecified atom stereocenters. The molecule has 0 heterocycles. The van der Waals surface area contributed by atoms with Gasteiger partial charge in [-0.15, -0.1) is 0 Å². The van der Waals surface area contributed by atoms with Gasteiger partial charge < -0.3 is 15.8 Å². The van der Waals surface area contributed by atoms with Crippen LogP contribution in [-0.2, 0) is 9.53 Å². The Hall–Kier alpha value is -2.86. The maximum absolute atomic E-state index is 12.4. The van der Waals surface area contributed by atoms with Crippen molar-refractivity contribution >= 4 is 44.3 Å². The summed E-state index contributed by atoms with van der Waals surface area (Å²) >= 11 is 3.38. The minimum Gasteiger partial charge on any atom is -0.452 e. The Bertz CT molecular complexity index is 986. The molecule has 0 aliphatic carbocycles. The predicted octanol–water partition coefficient (Wildman–Crippen LogP) is 4.22. The first kappa shape index (κ1) is 18.9. The van der Waals surface area contributed by atoms with Gasteiger partial charge in [0.05, 0.1) is 11.6 Å². The SMILES string of the molecule is CC(NC(=O)COC(=O)c1cc(N)cc2ccccc12)c1ccc(Br)cc1. The summed E-state index contributed by atoms with van der Waals surface area (Å²) in [5.74, 6) is -0.947. The van der Waals surface area contributed by atoms with Crippen LogP contribution in [0.15, 0.2) is 65.1 Å². The number of anilines is 1. The molecule has 1 amide bonds. The van der Waals surface area contributed by atoms with Gasteiger partial charge in [0.2, 0.25) is 0 Å². The fourth-order valence-electron chi connectivity index (χ4n) is 2.83. The van der Waals surface area contributed by atoms with E-state index in [1.54, 1.807) is 12.1 Å². The lowest BCUT2D eigenvalue weighted by Gasteiger charge is -2.15. The monoisotopic (exact) mass is 426 g/mol. The Kier molecular flexibility index (Phi) is 5.76. The van der Waals surface area contributed by atoms with Gasteiger partial charge in [0.15, 0.2) is 6.61 Å². The molecule has 0 aliphatic rings. The number of hydrogen-bond donors (Lipinski definition) is 2. The van der Waals surface area contributed by atoms with Gasteiger partial charge in [-0.05, 0) is 47.5 Å². The first-order chi connectivity index (χ1) is 12.9. The molecule has 3 aromatic carbocycles. The zero-order chi connectivity index (χ0) is 19.4. The molecular formula is C21H19BrN2O3. The van der Waals surface area contributed by atoms with Crippen molar-refractivity contribution in [3.8, 4) is 0 Å². The standard InChI is InChI=1S/C21H19BrN2O3/c1-13(14-6-8-16(22)9-7-14)24-20(25)12-27-21(26)19-11-17(23)10-15-4-2-3-5-18(15)19/h2-11,13H,12,23H2,1H3,(H,24,25). The number of carbonyl (C=O) groups is 2. The second-order valence-corrected chi connectivity index (χ2v) is 7.12. The van der Waals surface area contributed by atoms with Crippen LogP contribution in [0.1, 0.15) is 28.9 Å². The Balaban J connectivity index is 1.64. The lowest BCUT2D eigenvalue weighted by molar-refractivity contribution is -0.124. The number of carbonyl (C=O) groups excluding carboxylic acids is 2. The highest BCUT2D eigenvalue weighted by Crippen LogP contribution is 2.23. The van der Waals surface area contributed by atoms with E-state index in [2.05, 4.69) is 21.2 Å². The van der Waals surface area contributed by atoms with Crippen LogP contribution >= 0.6 is 15.9 Å². The molecule has 3 N–H and O–H groups in total. The largest absolute Gasteiger partial charge is 0.452 e. The van der Waals surface area contributed by atoms with Crippen molar-refractivity contribution in [2.45, 2.75) is 13.0 Å². The molecule has 0 fully saturated rings. The van der Waals surface area contributed by atoms with Gasteiger partial charge in [-0.25, -0.2) is 4.79 Å². The highest BCUT2D eigenvalue weighted by atomic mass is 79.9. The second-order valence-electron chi connectivity index (χ2n) is 6.21. The number of fused-ring (bicyclic) bond motifs is 1. The maximum atomic E-state index is 12.4. The van der Waals surface area contributed by atoms with Crippen molar-refractivity contribution in [2.24, 2.45) is 0 Å². The van der Waals surface area contributed by atoms with Gasteiger partial charge in [-0.1, -0.05) is 52.3 Å². The van der Waals surface area contributed by atoms with Crippen LogP contribution in [0.5, 0.6) is 0 Å². The molecular weight excluding hydrogens is 408 g/mol. The van der Waals surface area contributed by atoms with E-state index in [0.29, 0.717) is 11.3 Å². The summed E-state index contributed by atoms with van der Waals surface area (Å²) in [5.41, 5.74) is 7.64. The smallest absolute Gasteiger partial charge is 0.339 e. The maximum Gasteiger partial charge on any atom is 0.339 e. The van der Waals surface area contributed by atoms with Crippen LogP contribution in [0.4, 0.5) is 5.69 Å². The topological polar surface area (TPSA) is 81.4 Å². The van der Waals surface area contributed by atoms with E-state index in [1.807, 2.05) is 55.5 Å². The zero-order valence-corrected chi connectivity index (χ0v) is 16.3. The number of halogens is 1. The highest BCUT2D eigenvalue weighted by Gasteiger charge is 2.16. The molecule has 0 radical (unpaired) electrons. The first-order valence-electron chi connectivity index (χ1n) is 8.44. The quantitative estimate of drug-likeness (QED) is 0.472. The molecule has 0 spiro atoms. The third-order valence-corrected chi connectivity index (χ3v) is 4.71. The third kappa shape index (κ3) is 4.65. The van der Waals surface area contributed by atoms with Gasteiger partial charge in [0.25, 0.3) is 5.91 Å². The van der Waals surface area contributed by atoms with Crippen molar-refractivity contribution in [1.82, 2.24) is 5.32 Å². The summed E-state index contributed by atoms with van der Waals surface area (Å²) in [7, 11) is 0. The summed E-state index contributed by atoms with van der Waals surface area (Å²) in [6.07, 6.45) is 0. The highest BCUT2D eigenvalue weighted by molar-refractivity contribution is 9.10. The molecule has 0 aliphatic heterocycles. The number of nitrogens with one attached hydrogen (secondary N) is 1.